The summed E-state index contributed by atoms with van der Waals surface area (Å²) in [6.07, 6.45) is 3.74. The van der Waals surface area contributed by atoms with E-state index in [0.717, 1.165) is 38.4 Å². The maximum Gasteiger partial charge on any atom is 0.253 e. The summed E-state index contributed by atoms with van der Waals surface area (Å²) in [5.74, 6) is 0.841. The predicted molar refractivity (Wildman–Crippen MR) is 103 cm³/mol. The van der Waals surface area contributed by atoms with Crippen LogP contribution in [-0.4, -0.2) is 73.4 Å². The number of anilines is 1. The molecule has 1 atom stereocenters. The average molecular weight is 384 g/mol. The van der Waals surface area contributed by atoms with E-state index in [9.17, 15) is 4.79 Å². The van der Waals surface area contributed by atoms with Gasteiger partial charge in [-0.2, -0.15) is 4.98 Å². The highest BCUT2D eigenvalue weighted by molar-refractivity contribution is 5.94. The van der Waals surface area contributed by atoms with Gasteiger partial charge in [-0.25, -0.2) is 0 Å². The second-order valence-corrected chi connectivity index (χ2v) is 6.83. The number of rotatable bonds is 5. The van der Waals surface area contributed by atoms with Crippen molar-refractivity contribution < 1.29 is 19.0 Å². The summed E-state index contributed by atoms with van der Waals surface area (Å²) in [4.78, 5) is 25.2. The van der Waals surface area contributed by atoms with Crippen molar-refractivity contribution >= 4 is 11.6 Å². The Labute approximate surface area is 164 Å². The van der Waals surface area contributed by atoms with Crippen LogP contribution in [-0.2, 0) is 4.74 Å². The third kappa shape index (κ3) is 4.17. The summed E-state index contributed by atoms with van der Waals surface area (Å²) in [6, 6.07) is 7.81. The lowest BCUT2D eigenvalue weighted by Crippen LogP contribution is -2.36. The summed E-state index contributed by atoms with van der Waals surface area (Å²) >= 11 is 0. The van der Waals surface area contributed by atoms with E-state index in [0.29, 0.717) is 30.4 Å². The fraction of sp³-hybridized carbons (Fsp3) is 0.450. The fourth-order valence-electron chi connectivity index (χ4n) is 3.48. The molecule has 0 saturated carbocycles. The van der Waals surface area contributed by atoms with Gasteiger partial charge >= 0.3 is 0 Å². The Hall–Kier alpha value is -2.87. The van der Waals surface area contributed by atoms with E-state index in [4.69, 9.17) is 14.2 Å². The zero-order chi connectivity index (χ0) is 19.3. The number of ether oxygens (including phenoxy) is 3. The molecular formula is C20H24N4O4. The molecule has 3 heterocycles. The van der Waals surface area contributed by atoms with Gasteiger partial charge in [0.05, 0.1) is 39.3 Å². The zero-order valence-electron chi connectivity index (χ0n) is 15.9. The molecule has 2 aromatic rings. The van der Waals surface area contributed by atoms with Crippen LogP contribution in [0.15, 0.2) is 36.7 Å². The van der Waals surface area contributed by atoms with Crippen LogP contribution < -0.4 is 14.4 Å². The first-order valence-corrected chi connectivity index (χ1v) is 9.47. The van der Waals surface area contributed by atoms with E-state index < -0.39 is 0 Å². The second kappa shape index (κ2) is 8.43. The number of morpholine rings is 1. The Morgan fingerprint density at radius 2 is 1.86 bits per heavy atom. The van der Waals surface area contributed by atoms with Crippen molar-refractivity contribution in [1.29, 1.82) is 0 Å². The van der Waals surface area contributed by atoms with E-state index in [-0.39, 0.29) is 12.0 Å². The Morgan fingerprint density at radius 1 is 1.11 bits per heavy atom. The molecule has 4 rings (SSSR count). The Kier molecular flexibility index (Phi) is 5.57. The molecule has 0 aliphatic carbocycles. The molecule has 1 amide bonds. The van der Waals surface area contributed by atoms with Crippen LogP contribution in [0, 0.1) is 0 Å². The summed E-state index contributed by atoms with van der Waals surface area (Å²) in [6.45, 7) is 4.44. The topological polar surface area (TPSA) is 77.0 Å². The maximum atomic E-state index is 12.8. The van der Waals surface area contributed by atoms with Crippen molar-refractivity contribution in [2.75, 3.05) is 51.4 Å². The molecule has 28 heavy (non-hydrogen) atoms. The van der Waals surface area contributed by atoms with Crippen LogP contribution in [0.5, 0.6) is 11.8 Å². The lowest BCUT2D eigenvalue weighted by molar-refractivity contribution is 0.0771. The minimum absolute atomic E-state index is 0.0244. The molecule has 2 saturated heterocycles. The lowest BCUT2D eigenvalue weighted by atomic mass is 10.1. The number of benzene rings is 1. The smallest absolute Gasteiger partial charge is 0.253 e. The molecule has 1 aromatic carbocycles. The van der Waals surface area contributed by atoms with Crippen molar-refractivity contribution in [2.45, 2.75) is 12.5 Å². The largest absolute Gasteiger partial charge is 0.480 e. The number of nitrogens with zero attached hydrogens (tertiary/aromatic N) is 4. The van der Waals surface area contributed by atoms with Crippen molar-refractivity contribution in [3.05, 3.63) is 42.2 Å². The number of hydrogen-bond acceptors (Lipinski definition) is 7. The van der Waals surface area contributed by atoms with Crippen LogP contribution >= 0.6 is 0 Å². The molecule has 0 radical (unpaired) electrons. The molecule has 0 N–H and O–H groups in total. The number of carbonyl (C=O) groups is 1. The second-order valence-electron chi connectivity index (χ2n) is 6.83. The lowest BCUT2D eigenvalue weighted by Gasteiger charge is -2.29. The maximum absolute atomic E-state index is 12.8. The highest BCUT2D eigenvalue weighted by atomic mass is 16.5. The van der Waals surface area contributed by atoms with E-state index in [2.05, 4.69) is 14.9 Å². The zero-order valence-corrected chi connectivity index (χ0v) is 15.9. The average Bonchev–Trinajstić information content (AvgIpc) is 3.22. The molecule has 8 heteroatoms. The van der Waals surface area contributed by atoms with Crippen LogP contribution in [0.2, 0.25) is 0 Å². The minimum Gasteiger partial charge on any atom is -0.480 e. The van der Waals surface area contributed by atoms with Crippen molar-refractivity contribution in [1.82, 2.24) is 14.9 Å². The van der Waals surface area contributed by atoms with E-state index in [1.165, 1.54) is 13.3 Å². The van der Waals surface area contributed by atoms with Gasteiger partial charge in [-0.05, 0) is 24.3 Å². The van der Waals surface area contributed by atoms with Crippen LogP contribution in [0.1, 0.15) is 16.8 Å². The van der Waals surface area contributed by atoms with Crippen LogP contribution in [0.4, 0.5) is 5.69 Å². The molecule has 1 aromatic heterocycles. The first-order valence-electron chi connectivity index (χ1n) is 9.47. The summed E-state index contributed by atoms with van der Waals surface area (Å²) in [5.41, 5.74) is 1.82. The molecule has 1 unspecified atom stereocenters. The standard InChI is InChI=1S/C20H24N4O4/c1-26-18-12-21-13-19(22-18)28-17-6-7-24(14-17)20(25)15-2-4-16(5-3-15)23-8-10-27-11-9-23/h2-5,12-13,17H,6-11,14H2,1H3. The van der Waals surface area contributed by atoms with Gasteiger partial charge in [0, 0.05) is 37.3 Å². The van der Waals surface area contributed by atoms with Gasteiger partial charge in [-0.1, -0.05) is 0 Å². The predicted octanol–water partition coefficient (Wildman–Crippen LogP) is 1.62. The Bertz CT molecular complexity index is 808. The Morgan fingerprint density at radius 3 is 2.61 bits per heavy atom. The van der Waals surface area contributed by atoms with Gasteiger partial charge < -0.3 is 24.0 Å². The molecule has 0 spiro atoms. The quantitative estimate of drug-likeness (QED) is 0.775. The third-order valence-electron chi connectivity index (χ3n) is 5.01. The fourth-order valence-corrected chi connectivity index (χ4v) is 3.48. The Balaban J connectivity index is 1.35. The molecule has 148 valence electrons. The highest BCUT2D eigenvalue weighted by Gasteiger charge is 2.28. The monoisotopic (exact) mass is 384 g/mol. The number of likely N-dealkylation sites (tertiary alicyclic amines) is 1. The van der Waals surface area contributed by atoms with Gasteiger partial charge in [0.2, 0.25) is 11.8 Å². The van der Waals surface area contributed by atoms with Gasteiger partial charge in [0.25, 0.3) is 5.91 Å². The van der Waals surface area contributed by atoms with Crippen LogP contribution in [0.25, 0.3) is 0 Å². The van der Waals surface area contributed by atoms with E-state index in [1.807, 2.05) is 29.2 Å². The summed E-state index contributed by atoms with van der Waals surface area (Å²) < 4.78 is 16.3. The molecular weight excluding hydrogens is 360 g/mol. The van der Waals surface area contributed by atoms with E-state index in [1.54, 1.807) is 6.20 Å². The normalized spacial score (nSPS) is 19.5. The molecule has 2 fully saturated rings. The van der Waals surface area contributed by atoms with Crippen molar-refractivity contribution in [3.63, 3.8) is 0 Å². The van der Waals surface area contributed by atoms with Gasteiger partial charge in [0.1, 0.15) is 6.10 Å². The van der Waals surface area contributed by atoms with Gasteiger partial charge in [0.15, 0.2) is 0 Å². The summed E-state index contributed by atoms with van der Waals surface area (Å²) in [7, 11) is 1.54. The highest BCUT2D eigenvalue weighted by Crippen LogP contribution is 2.21. The van der Waals surface area contributed by atoms with Gasteiger partial charge in [-0.15, -0.1) is 0 Å². The van der Waals surface area contributed by atoms with Crippen molar-refractivity contribution in [3.8, 4) is 11.8 Å². The molecule has 0 bridgehead atoms. The number of hydrogen-bond donors (Lipinski definition) is 0. The van der Waals surface area contributed by atoms with Crippen molar-refractivity contribution in [2.24, 2.45) is 0 Å². The number of carbonyl (C=O) groups excluding carboxylic acids is 1. The van der Waals surface area contributed by atoms with Gasteiger partial charge in [-0.3, -0.25) is 9.78 Å². The minimum atomic E-state index is -0.0991. The number of methoxy groups -OCH3 is 1. The molecule has 2 aliphatic rings. The molecule has 2 aliphatic heterocycles. The number of amides is 1. The number of aromatic nitrogens is 2. The van der Waals surface area contributed by atoms with Crippen LogP contribution in [0.3, 0.4) is 0 Å². The molecule has 8 nitrogen and oxygen atoms in total. The third-order valence-corrected chi connectivity index (χ3v) is 5.01. The first-order chi connectivity index (χ1) is 13.7. The van der Waals surface area contributed by atoms with E-state index >= 15 is 0 Å². The summed E-state index contributed by atoms with van der Waals surface area (Å²) in [5, 5.41) is 0. The SMILES string of the molecule is COc1cncc(OC2CCN(C(=O)c3ccc(N4CCOCC4)cc3)C2)n1. The first kappa shape index (κ1) is 18.5.